The summed E-state index contributed by atoms with van der Waals surface area (Å²) in [6.45, 7) is 2.51. The lowest BCUT2D eigenvalue weighted by atomic mass is 10.1. The Morgan fingerprint density at radius 2 is 2.08 bits per heavy atom. The number of hydrogen-bond donors (Lipinski definition) is 0. The zero-order valence-corrected chi connectivity index (χ0v) is 13.4. The van der Waals surface area contributed by atoms with Gasteiger partial charge in [-0.3, -0.25) is 4.90 Å². The Bertz CT molecular complexity index is 811. The van der Waals surface area contributed by atoms with Gasteiger partial charge in [0, 0.05) is 17.6 Å². The van der Waals surface area contributed by atoms with Gasteiger partial charge in [-0.05, 0) is 38.0 Å². The minimum Gasteiger partial charge on any atom is -0.461 e. The fourth-order valence-corrected chi connectivity index (χ4v) is 2.96. The van der Waals surface area contributed by atoms with Crippen molar-refractivity contribution in [1.29, 1.82) is 0 Å². The van der Waals surface area contributed by atoms with Crippen molar-refractivity contribution < 1.29 is 13.3 Å². The molecule has 1 atom stereocenters. The first kappa shape index (κ1) is 15.1. The second kappa shape index (κ2) is 6.20. The first-order valence-electron chi connectivity index (χ1n) is 8.09. The number of furan rings is 1. The lowest BCUT2D eigenvalue weighted by Crippen LogP contribution is -2.29. The van der Waals surface area contributed by atoms with Crippen LogP contribution in [0.2, 0.25) is 0 Å². The molecule has 0 bridgehead atoms. The van der Waals surface area contributed by atoms with Crippen LogP contribution in [0, 0.1) is 5.82 Å². The third-order valence-electron chi connectivity index (χ3n) is 4.40. The lowest BCUT2D eigenvalue weighted by molar-refractivity contribution is 0.163. The number of benzene rings is 1. The highest BCUT2D eigenvalue weighted by atomic mass is 19.1. The van der Waals surface area contributed by atoms with Crippen LogP contribution < -0.4 is 0 Å². The summed E-state index contributed by atoms with van der Waals surface area (Å²) in [7, 11) is 0. The topological polar surface area (TPSA) is 55.3 Å². The van der Waals surface area contributed by atoms with E-state index in [1.807, 2.05) is 19.1 Å². The summed E-state index contributed by atoms with van der Waals surface area (Å²) in [6, 6.07) is 10.8. The van der Waals surface area contributed by atoms with Crippen LogP contribution in [-0.2, 0) is 6.54 Å². The molecule has 1 fully saturated rings. The van der Waals surface area contributed by atoms with Crippen LogP contribution in [-0.4, -0.2) is 21.1 Å². The molecule has 5 nitrogen and oxygen atoms in total. The van der Waals surface area contributed by atoms with Gasteiger partial charge in [0.1, 0.15) is 5.82 Å². The number of halogens is 1. The van der Waals surface area contributed by atoms with E-state index in [1.165, 1.54) is 6.07 Å². The van der Waals surface area contributed by atoms with E-state index in [-0.39, 0.29) is 11.9 Å². The van der Waals surface area contributed by atoms with Crippen molar-refractivity contribution in [2.75, 3.05) is 0 Å². The second-order valence-electron chi connectivity index (χ2n) is 6.09. The molecule has 2 aromatic heterocycles. The SMILES string of the molecule is CC(c1ccccc1F)N(Cc1nc(-c2ccco2)no1)C1CC1. The van der Waals surface area contributed by atoms with Crippen LogP contribution in [0.25, 0.3) is 11.6 Å². The average molecular weight is 327 g/mol. The third kappa shape index (κ3) is 2.97. The molecule has 0 spiro atoms. The van der Waals surface area contributed by atoms with Crippen LogP contribution in [0.3, 0.4) is 0 Å². The molecule has 0 saturated heterocycles. The highest BCUT2D eigenvalue weighted by Crippen LogP contribution is 2.36. The van der Waals surface area contributed by atoms with Gasteiger partial charge in [-0.1, -0.05) is 23.4 Å². The average Bonchev–Trinajstić information content (AvgIpc) is 3.10. The Kier molecular flexibility index (Phi) is 3.90. The van der Waals surface area contributed by atoms with Crippen molar-refractivity contribution in [3.8, 4) is 11.6 Å². The summed E-state index contributed by atoms with van der Waals surface area (Å²) in [6.07, 6.45) is 3.79. The van der Waals surface area contributed by atoms with Gasteiger partial charge in [0.25, 0.3) is 0 Å². The zero-order chi connectivity index (χ0) is 16.5. The van der Waals surface area contributed by atoms with Crippen LogP contribution >= 0.6 is 0 Å². The summed E-state index contributed by atoms with van der Waals surface area (Å²) in [5, 5.41) is 3.96. The molecule has 1 aromatic carbocycles. The summed E-state index contributed by atoms with van der Waals surface area (Å²) < 4.78 is 24.8. The maximum absolute atomic E-state index is 14.1. The van der Waals surface area contributed by atoms with Gasteiger partial charge in [-0.15, -0.1) is 0 Å². The van der Waals surface area contributed by atoms with E-state index in [9.17, 15) is 4.39 Å². The van der Waals surface area contributed by atoms with Crippen LogP contribution in [0.4, 0.5) is 4.39 Å². The van der Waals surface area contributed by atoms with E-state index in [2.05, 4.69) is 15.0 Å². The number of hydrogen-bond acceptors (Lipinski definition) is 5. The van der Waals surface area contributed by atoms with Crippen molar-refractivity contribution >= 4 is 0 Å². The molecule has 124 valence electrons. The molecule has 0 amide bonds. The first-order chi connectivity index (χ1) is 11.7. The molecule has 24 heavy (non-hydrogen) atoms. The minimum atomic E-state index is -0.183. The van der Waals surface area contributed by atoms with Gasteiger partial charge in [0.2, 0.25) is 11.7 Å². The van der Waals surface area contributed by atoms with Crippen molar-refractivity contribution in [1.82, 2.24) is 15.0 Å². The van der Waals surface area contributed by atoms with Crippen molar-refractivity contribution in [2.24, 2.45) is 0 Å². The van der Waals surface area contributed by atoms with Gasteiger partial charge >= 0.3 is 0 Å². The lowest BCUT2D eigenvalue weighted by Gasteiger charge is -2.28. The largest absolute Gasteiger partial charge is 0.461 e. The van der Waals surface area contributed by atoms with Crippen molar-refractivity contribution in [2.45, 2.75) is 38.4 Å². The zero-order valence-electron chi connectivity index (χ0n) is 13.4. The molecule has 0 radical (unpaired) electrons. The Morgan fingerprint density at radius 1 is 1.25 bits per heavy atom. The molecule has 4 rings (SSSR count). The van der Waals surface area contributed by atoms with Gasteiger partial charge in [-0.25, -0.2) is 4.39 Å². The predicted octanol–water partition coefficient (Wildman–Crippen LogP) is 4.19. The molecule has 0 N–H and O–H groups in total. The van der Waals surface area contributed by atoms with E-state index in [0.717, 1.165) is 12.8 Å². The minimum absolute atomic E-state index is 0.0577. The molecule has 3 aromatic rings. The van der Waals surface area contributed by atoms with Gasteiger partial charge in [0.05, 0.1) is 12.8 Å². The van der Waals surface area contributed by atoms with E-state index >= 15 is 0 Å². The van der Waals surface area contributed by atoms with Gasteiger partial charge in [0.15, 0.2) is 5.76 Å². The molecule has 1 saturated carbocycles. The summed E-state index contributed by atoms with van der Waals surface area (Å²) in [4.78, 5) is 6.61. The Labute approximate surface area is 139 Å². The number of rotatable bonds is 6. The molecule has 2 heterocycles. The summed E-state index contributed by atoms with van der Waals surface area (Å²) in [5.41, 5.74) is 0.690. The molecule has 6 heteroatoms. The first-order valence-corrected chi connectivity index (χ1v) is 8.09. The maximum atomic E-state index is 14.1. The predicted molar refractivity (Wildman–Crippen MR) is 85.4 cm³/mol. The monoisotopic (exact) mass is 327 g/mol. The Balaban J connectivity index is 1.55. The van der Waals surface area contributed by atoms with E-state index in [4.69, 9.17) is 8.94 Å². The standard InChI is InChI=1S/C18H18FN3O2/c1-12(14-5-2-3-6-15(14)19)22(13-8-9-13)11-17-20-18(21-24-17)16-7-4-10-23-16/h2-7,10,12-13H,8-9,11H2,1H3. The summed E-state index contributed by atoms with van der Waals surface area (Å²) in [5.74, 6) is 1.34. The quantitative estimate of drug-likeness (QED) is 0.679. The normalized spacial score (nSPS) is 15.8. The van der Waals surface area contributed by atoms with Crippen molar-refractivity contribution in [3.63, 3.8) is 0 Å². The highest BCUT2D eigenvalue weighted by Gasteiger charge is 2.34. The third-order valence-corrected chi connectivity index (χ3v) is 4.40. The highest BCUT2D eigenvalue weighted by molar-refractivity contribution is 5.44. The smallest absolute Gasteiger partial charge is 0.241 e. The fraction of sp³-hybridized carbons (Fsp3) is 0.333. The second-order valence-corrected chi connectivity index (χ2v) is 6.09. The van der Waals surface area contributed by atoms with Crippen LogP contribution in [0.1, 0.15) is 37.3 Å². The summed E-state index contributed by atoms with van der Waals surface area (Å²) >= 11 is 0. The van der Waals surface area contributed by atoms with Crippen LogP contribution in [0.15, 0.2) is 51.6 Å². The number of aromatic nitrogens is 2. The maximum Gasteiger partial charge on any atom is 0.241 e. The molecule has 1 unspecified atom stereocenters. The van der Waals surface area contributed by atoms with Crippen LogP contribution in [0.5, 0.6) is 0 Å². The Hall–Kier alpha value is -2.47. The van der Waals surface area contributed by atoms with Crippen molar-refractivity contribution in [3.05, 3.63) is 59.9 Å². The fourth-order valence-electron chi connectivity index (χ4n) is 2.96. The molecule has 1 aliphatic carbocycles. The molecular formula is C18H18FN3O2. The van der Waals surface area contributed by atoms with E-state index in [1.54, 1.807) is 24.5 Å². The molecule has 1 aliphatic rings. The Morgan fingerprint density at radius 3 is 2.79 bits per heavy atom. The molecular weight excluding hydrogens is 309 g/mol. The van der Waals surface area contributed by atoms with Gasteiger partial charge in [-0.2, -0.15) is 4.98 Å². The van der Waals surface area contributed by atoms with E-state index < -0.39 is 0 Å². The van der Waals surface area contributed by atoms with Gasteiger partial charge < -0.3 is 8.94 Å². The number of nitrogens with zero attached hydrogens (tertiary/aromatic N) is 3. The molecule has 0 aliphatic heterocycles. The van der Waals surface area contributed by atoms with E-state index in [0.29, 0.717) is 35.6 Å².